The Balaban J connectivity index is 1.47. The smallest absolute Gasteiger partial charge is 0.266 e. The number of pyridine rings is 2. The van der Waals surface area contributed by atoms with Crippen molar-refractivity contribution in [2.75, 3.05) is 23.3 Å². The van der Waals surface area contributed by atoms with E-state index >= 15 is 0 Å². The Bertz CT molecular complexity index is 1370. The molecular weight excluding hydrogens is 451 g/mol. The molecule has 1 aliphatic heterocycles. The van der Waals surface area contributed by atoms with Crippen LogP contribution in [0.5, 0.6) is 0 Å². The van der Waals surface area contributed by atoms with Crippen LogP contribution in [0.15, 0.2) is 35.1 Å². The number of aliphatic hydroxyl groups is 1. The number of piperidine rings is 1. The molecule has 35 heavy (non-hydrogen) atoms. The van der Waals surface area contributed by atoms with Crippen LogP contribution in [0.25, 0.3) is 22.4 Å². The van der Waals surface area contributed by atoms with Gasteiger partial charge in [-0.05, 0) is 42.3 Å². The summed E-state index contributed by atoms with van der Waals surface area (Å²) in [7, 11) is 0. The van der Waals surface area contributed by atoms with Crippen LogP contribution in [0.1, 0.15) is 44.6 Å². The van der Waals surface area contributed by atoms with Gasteiger partial charge in [0.2, 0.25) is 11.8 Å². The number of fused-ring (bicyclic) bond motifs is 1. The number of aromatic nitrogens is 6. The van der Waals surface area contributed by atoms with E-state index in [0.717, 1.165) is 16.3 Å². The third-order valence-corrected chi connectivity index (χ3v) is 6.20. The first-order valence-electron chi connectivity index (χ1n) is 11.5. The average Bonchev–Trinajstić information content (AvgIpc) is 3.26. The number of hydrogen-bond acceptors (Lipinski definition) is 10. The number of rotatable bonds is 5. The molecule has 11 heteroatoms. The highest BCUT2D eigenvalue weighted by Crippen LogP contribution is 2.33. The van der Waals surface area contributed by atoms with E-state index < -0.39 is 11.8 Å². The van der Waals surface area contributed by atoms with Gasteiger partial charge < -0.3 is 19.7 Å². The average molecular weight is 479 g/mol. The summed E-state index contributed by atoms with van der Waals surface area (Å²) in [6, 6.07) is 3.67. The Hall–Kier alpha value is -3.73. The monoisotopic (exact) mass is 478 g/mol. The molecule has 4 aromatic rings. The lowest BCUT2D eigenvalue weighted by Gasteiger charge is -2.38. The Morgan fingerprint density at radius 2 is 2.00 bits per heavy atom. The zero-order valence-corrected chi connectivity index (χ0v) is 20.0. The van der Waals surface area contributed by atoms with E-state index in [1.165, 1.54) is 6.92 Å². The third kappa shape index (κ3) is 4.51. The highest BCUT2D eigenvalue weighted by atomic mass is 19.1. The number of anilines is 3. The van der Waals surface area contributed by atoms with Gasteiger partial charge in [0.05, 0.1) is 12.6 Å². The lowest BCUT2D eigenvalue weighted by atomic mass is 9.94. The SMILES string of the molecule is Cc1nnc(-c2ncc(C(C)C)c3cc(Nc4ccnc(N5CC[C@@H](O)[C@@](C)(F)C5)n4)ncc23)o1. The predicted molar refractivity (Wildman–Crippen MR) is 129 cm³/mol. The van der Waals surface area contributed by atoms with Gasteiger partial charge in [-0.15, -0.1) is 10.2 Å². The molecule has 10 nitrogen and oxygen atoms in total. The Kier molecular flexibility index (Phi) is 5.79. The minimum atomic E-state index is -1.72. The van der Waals surface area contributed by atoms with Crippen molar-refractivity contribution in [1.82, 2.24) is 30.1 Å². The van der Waals surface area contributed by atoms with Crippen molar-refractivity contribution >= 4 is 28.4 Å². The van der Waals surface area contributed by atoms with Crippen LogP contribution in [0, 0.1) is 6.92 Å². The van der Waals surface area contributed by atoms with Gasteiger partial charge in [-0.2, -0.15) is 4.98 Å². The molecule has 4 aromatic heterocycles. The van der Waals surface area contributed by atoms with Crippen molar-refractivity contribution in [3.05, 3.63) is 42.2 Å². The summed E-state index contributed by atoms with van der Waals surface area (Å²) < 4.78 is 20.3. The molecular formula is C24H27FN8O2. The van der Waals surface area contributed by atoms with Crippen molar-refractivity contribution in [2.45, 2.75) is 51.8 Å². The van der Waals surface area contributed by atoms with Crippen LogP contribution in [0.3, 0.4) is 0 Å². The summed E-state index contributed by atoms with van der Waals surface area (Å²) in [5, 5.41) is 22.9. The van der Waals surface area contributed by atoms with Gasteiger partial charge in [-0.3, -0.25) is 4.98 Å². The number of nitrogens with one attached hydrogen (secondary N) is 1. The third-order valence-electron chi connectivity index (χ3n) is 6.20. The molecule has 1 aliphatic rings. The van der Waals surface area contributed by atoms with Gasteiger partial charge in [-0.25, -0.2) is 14.4 Å². The molecule has 0 aromatic carbocycles. The van der Waals surface area contributed by atoms with E-state index in [0.29, 0.717) is 48.0 Å². The fourth-order valence-corrected chi connectivity index (χ4v) is 4.26. The molecule has 2 N–H and O–H groups in total. The number of halogens is 1. The highest BCUT2D eigenvalue weighted by Gasteiger charge is 2.39. The second-order valence-corrected chi connectivity index (χ2v) is 9.33. The molecule has 0 amide bonds. The molecule has 1 saturated heterocycles. The van der Waals surface area contributed by atoms with Gasteiger partial charge >= 0.3 is 0 Å². The van der Waals surface area contributed by atoms with E-state index in [4.69, 9.17) is 4.42 Å². The molecule has 1 fully saturated rings. The van der Waals surface area contributed by atoms with Gasteiger partial charge in [0, 0.05) is 37.4 Å². The summed E-state index contributed by atoms with van der Waals surface area (Å²) in [5.74, 6) is 2.55. The number of alkyl halides is 1. The molecule has 2 atom stereocenters. The maximum Gasteiger partial charge on any atom is 0.266 e. The standard InChI is InChI=1S/C24H27FN8O2/c1-13(2)16-10-28-21(22-32-31-14(3)35-22)17-11-27-20(9-15(16)17)29-19-5-7-26-23(30-19)33-8-6-18(34)24(4,25)12-33/h5,7,9-11,13,18,34H,6,8,12H2,1-4H3,(H,26,27,29,30)/t18-,24+/m1/s1. The molecule has 0 unspecified atom stereocenters. The molecule has 5 rings (SSSR count). The summed E-state index contributed by atoms with van der Waals surface area (Å²) in [4.78, 5) is 19.7. The van der Waals surface area contributed by atoms with Crippen LogP contribution in [-0.4, -0.2) is 60.1 Å². The minimum Gasteiger partial charge on any atom is -0.420 e. The van der Waals surface area contributed by atoms with Crippen LogP contribution in [0.4, 0.5) is 22.0 Å². The highest BCUT2D eigenvalue weighted by molar-refractivity contribution is 5.96. The fourth-order valence-electron chi connectivity index (χ4n) is 4.26. The van der Waals surface area contributed by atoms with Gasteiger partial charge in [0.25, 0.3) is 5.89 Å². The second kappa shape index (κ2) is 8.81. The first-order chi connectivity index (χ1) is 16.7. The van der Waals surface area contributed by atoms with Crippen LogP contribution >= 0.6 is 0 Å². The van der Waals surface area contributed by atoms with E-state index in [2.05, 4.69) is 49.3 Å². The maximum absolute atomic E-state index is 14.7. The minimum absolute atomic E-state index is 0.0223. The van der Waals surface area contributed by atoms with Crippen molar-refractivity contribution in [3.63, 3.8) is 0 Å². The topological polar surface area (TPSA) is 126 Å². The predicted octanol–water partition coefficient (Wildman–Crippen LogP) is 3.94. The number of aliphatic hydroxyl groups excluding tert-OH is 1. The molecule has 182 valence electrons. The van der Waals surface area contributed by atoms with E-state index in [9.17, 15) is 9.50 Å². The van der Waals surface area contributed by atoms with Crippen LogP contribution in [-0.2, 0) is 0 Å². The summed E-state index contributed by atoms with van der Waals surface area (Å²) in [6.45, 7) is 7.83. The van der Waals surface area contributed by atoms with E-state index in [1.54, 1.807) is 30.3 Å². The first-order valence-corrected chi connectivity index (χ1v) is 11.5. The zero-order chi connectivity index (χ0) is 24.7. The Morgan fingerprint density at radius 3 is 2.71 bits per heavy atom. The zero-order valence-electron chi connectivity index (χ0n) is 20.0. The normalized spacial score (nSPS) is 20.5. The maximum atomic E-state index is 14.7. The summed E-state index contributed by atoms with van der Waals surface area (Å²) in [6.07, 6.45) is 4.49. The van der Waals surface area contributed by atoms with Crippen molar-refractivity contribution in [2.24, 2.45) is 0 Å². The molecule has 0 spiro atoms. The Morgan fingerprint density at radius 1 is 1.17 bits per heavy atom. The molecule has 0 aliphatic carbocycles. The lowest BCUT2D eigenvalue weighted by molar-refractivity contribution is -0.00860. The van der Waals surface area contributed by atoms with Crippen LogP contribution < -0.4 is 10.2 Å². The number of aryl methyl sites for hydroxylation is 1. The number of hydrogen-bond donors (Lipinski definition) is 2. The summed E-state index contributed by atoms with van der Waals surface area (Å²) >= 11 is 0. The van der Waals surface area contributed by atoms with Crippen molar-refractivity contribution in [1.29, 1.82) is 0 Å². The number of nitrogens with zero attached hydrogens (tertiary/aromatic N) is 7. The van der Waals surface area contributed by atoms with Crippen molar-refractivity contribution in [3.8, 4) is 11.6 Å². The molecule has 0 radical (unpaired) electrons. The van der Waals surface area contributed by atoms with E-state index in [1.807, 2.05) is 12.3 Å². The van der Waals surface area contributed by atoms with Gasteiger partial charge in [0.15, 0.2) is 5.67 Å². The first kappa shape index (κ1) is 23.0. The fraction of sp³-hybridized carbons (Fsp3) is 0.417. The molecule has 5 heterocycles. The quantitative estimate of drug-likeness (QED) is 0.435. The Labute approximate surface area is 201 Å². The van der Waals surface area contributed by atoms with Gasteiger partial charge in [-0.1, -0.05) is 13.8 Å². The lowest BCUT2D eigenvalue weighted by Crippen LogP contribution is -2.52. The largest absolute Gasteiger partial charge is 0.420 e. The molecule has 0 saturated carbocycles. The second-order valence-electron chi connectivity index (χ2n) is 9.33. The summed E-state index contributed by atoms with van der Waals surface area (Å²) in [5.41, 5.74) is -0.0845. The van der Waals surface area contributed by atoms with Gasteiger partial charge in [0.1, 0.15) is 17.3 Å². The van der Waals surface area contributed by atoms with Crippen LogP contribution in [0.2, 0.25) is 0 Å². The van der Waals surface area contributed by atoms with E-state index in [-0.39, 0.29) is 12.5 Å². The molecule has 0 bridgehead atoms. The van der Waals surface area contributed by atoms with Crippen molar-refractivity contribution < 1.29 is 13.9 Å².